The van der Waals surface area contributed by atoms with Gasteiger partial charge in [-0.05, 0) is 37.5 Å². The van der Waals surface area contributed by atoms with Crippen LogP contribution >= 0.6 is 0 Å². The van der Waals surface area contributed by atoms with Crippen LogP contribution in [0.2, 0.25) is 0 Å². The third-order valence-electron chi connectivity index (χ3n) is 3.73. The molecule has 0 aliphatic heterocycles. The summed E-state index contributed by atoms with van der Waals surface area (Å²) in [7, 11) is 0. The fourth-order valence-corrected chi connectivity index (χ4v) is 2.45. The number of amides is 1. The zero-order valence-corrected chi connectivity index (χ0v) is 9.45. The molecule has 0 aromatic carbocycles. The zero-order chi connectivity index (χ0) is 11.5. The highest BCUT2D eigenvalue weighted by Crippen LogP contribution is 2.32. The number of rotatable bonds is 5. The van der Waals surface area contributed by atoms with Gasteiger partial charge >= 0.3 is 0 Å². The monoisotopic (exact) mass is 223 g/mol. The molecule has 4 nitrogen and oxygen atoms in total. The predicted octanol–water partition coefficient (Wildman–Crippen LogP) is 0.508. The SMILES string of the molecule is N[C@H](C(=O)N[C@H]([C]=O)C1CC1)C1CCCC1. The minimum Gasteiger partial charge on any atom is -0.344 e. The summed E-state index contributed by atoms with van der Waals surface area (Å²) < 4.78 is 0. The Morgan fingerprint density at radius 1 is 1.19 bits per heavy atom. The van der Waals surface area contributed by atoms with Crippen LogP contribution in [-0.2, 0) is 9.59 Å². The molecule has 1 radical (unpaired) electrons. The Morgan fingerprint density at radius 3 is 2.31 bits per heavy atom. The first-order valence-corrected chi connectivity index (χ1v) is 6.16. The zero-order valence-electron chi connectivity index (χ0n) is 9.45. The first-order chi connectivity index (χ1) is 7.72. The highest BCUT2D eigenvalue weighted by molar-refractivity contribution is 5.84. The van der Waals surface area contributed by atoms with Gasteiger partial charge in [0.15, 0.2) is 0 Å². The third-order valence-corrected chi connectivity index (χ3v) is 3.73. The van der Waals surface area contributed by atoms with Crippen molar-refractivity contribution in [3.8, 4) is 0 Å². The average molecular weight is 223 g/mol. The van der Waals surface area contributed by atoms with Gasteiger partial charge in [-0.1, -0.05) is 12.8 Å². The van der Waals surface area contributed by atoms with E-state index in [0.29, 0.717) is 11.8 Å². The van der Waals surface area contributed by atoms with Crippen molar-refractivity contribution in [1.29, 1.82) is 0 Å². The van der Waals surface area contributed by atoms with Crippen molar-refractivity contribution in [2.45, 2.75) is 50.6 Å². The molecule has 89 valence electrons. The lowest BCUT2D eigenvalue weighted by atomic mass is 9.98. The Bertz CT molecular complexity index is 270. The summed E-state index contributed by atoms with van der Waals surface area (Å²) in [6.45, 7) is 0. The van der Waals surface area contributed by atoms with Crippen LogP contribution in [0, 0.1) is 11.8 Å². The molecule has 0 saturated heterocycles. The molecule has 0 bridgehead atoms. The molecular weight excluding hydrogens is 204 g/mol. The van der Waals surface area contributed by atoms with E-state index in [1.807, 2.05) is 6.29 Å². The van der Waals surface area contributed by atoms with Gasteiger partial charge in [-0.25, -0.2) is 0 Å². The van der Waals surface area contributed by atoms with Gasteiger partial charge in [0.1, 0.15) is 0 Å². The molecule has 16 heavy (non-hydrogen) atoms. The van der Waals surface area contributed by atoms with Crippen LogP contribution in [0.1, 0.15) is 38.5 Å². The fourth-order valence-electron chi connectivity index (χ4n) is 2.45. The summed E-state index contributed by atoms with van der Waals surface area (Å²) in [6, 6.07) is -0.878. The minimum atomic E-state index is -0.447. The molecule has 0 spiro atoms. The quantitative estimate of drug-likeness (QED) is 0.713. The maximum Gasteiger partial charge on any atom is 0.237 e. The molecule has 0 aromatic rings. The maximum atomic E-state index is 11.8. The van der Waals surface area contributed by atoms with E-state index in [4.69, 9.17) is 5.73 Å². The Labute approximate surface area is 96.0 Å². The molecule has 2 aliphatic rings. The van der Waals surface area contributed by atoms with E-state index in [-0.39, 0.29) is 5.91 Å². The predicted molar refractivity (Wildman–Crippen MR) is 60.3 cm³/mol. The number of carbonyl (C=O) groups is 1. The maximum absolute atomic E-state index is 11.8. The van der Waals surface area contributed by atoms with E-state index >= 15 is 0 Å². The smallest absolute Gasteiger partial charge is 0.237 e. The van der Waals surface area contributed by atoms with Gasteiger partial charge in [0.25, 0.3) is 0 Å². The van der Waals surface area contributed by atoms with Crippen LogP contribution in [0.5, 0.6) is 0 Å². The molecule has 1 amide bonds. The van der Waals surface area contributed by atoms with Gasteiger partial charge in [0.2, 0.25) is 12.2 Å². The molecule has 2 fully saturated rings. The number of nitrogens with two attached hydrogens (primary N) is 1. The van der Waals surface area contributed by atoms with E-state index in [1.54, 1.807) is 0 Å². The van der Waals surface area contributed by atoms with Crippen LogP contribution in [0.25, 0.3) is 0 Å². The van der Waals surface area contributed by atoms with Crippen molar-refractivity contribution in [3.05, 3.63) is 0 Å². The lowest BCUT2D eigenvalue weighted by molar-refractivity contribution is -0.123. The van der Waals surface area contributed by atoms with Crippen molar-refractivity contribution in [1.82, 2.24) is 5.32 Å². The largest absolute Gasteiger partial charge is 0.344 e. The van der Waals surface area contributed by atoms with Crippen molar-refractivity contribution >= 4 is 12.2 Å². The van der Waals surface area contributed by atoms with E-state index in [9.17, 15) is 9.59 Å². The Balaban J connectivity index is 1.83. The van der Waals surface area contributed by atoms with Gasteiger partial charge in [0, 0.05) is 0 Å². The van der Waals surface area contributed by atoms with E-state index in [0.717, 1.165) is 38.5 Å². The van der Waals surface area contributed by atoms with Crippen LogP contribution in [0.3, 0.4) is 0 Å². The van der Waals surface area contributed by atoms with Crippen molar-refractivity contribution < 1.29 is 9.59 Å². The van der Waals surface area contributed by atoms with Crippen LogP contribution in [-0.4, -0.2) is 24.3 Å². The summed E-state index contributed by atoms with van der Waals surface area (Å²) in [6.07, 6.45) is 8.33. The molecule has 0 heterocycles. The topological polar surface area (TPSA) is 72.2 Å². The van der Waals surface area contributed by atoms with Crippen molar-refractivity contribution in [2.75, 3.05) is 0 Å². The van der Waals surface area contributed by atoms with Crippen molar-refractivity contribution in [3.63, 3.8) is 0 Å². The molecule has 0 unspecified atom stereocenters. The Morgan fingerprint density at radius 2 is 1.81 bits per heavy atom. The summed E-state index contributed by atoms with van der Waals surface area (Å²) in [5, 5.41) is 2.72. The standard InChI is InChI=1S/C12H19N2O2/c13-11(9-3-1-2-4-9)12(16)14-10(7-15)8-5-6-8/h8-11H,1-6,13H2,(H,14,16)/t10-,11+/m1/s1. The average Bonchev–Trinajstić information content (AvgIpc) is 2.99. The van der Waals surface area contributed by atoms with E-state index < -0.39 is 12.1 Å². The summed E-state index contributed by atoms with van der Waals surface area (Å²) >= 11 is 0. The fraction of sp³-hybridized carbons (Fsp3) is 0.833. The van der Waals surface area contributed by atoms with Crippen LogP contribution in [0.15, 0.2) is 0 Å². The normalized spacial score (nSPS) is 25.1. The van der Waals surface area contributed by atoms with Gasteiger partial charge < -0.3 is 11.1 Å². The number of carbonyl (C=O) groups excluding carboxylic acids is 2. The molecule has 2 atom stereocenters. The molecule has 2 saturated carbocycles. The number of hydrogen-bond donors (Lipinski definition) is 2. The summed E-state index contributed by atoms with van der Waals surface area (Å²) in [5.74, 6) is 0.427. The first kappa shape index (κ1) is 11.6. The molecule has 2 aliphatic carbocycles. The molecule has 2 rings (SSSR count). The minimum absolute atomic E-state index is 0.174. The molecule has 4 heteroatoms. The summed E-state index contributed by atoms with van der Waals surface area (Å²) in [5.41, 5.74) is 5.90. The Kier molecular flexibility index (Phi) is 3.59. The van der Waals surface area contributed by atoms with Gasteiger partial charge in [0.05, 0.1) is 12.1 Å². The number of nitrogens with one attached hydrogen (secondary N) is 1. The lowest BCUT2D eigenvalue weighted by Gasteiger charge is -2.20. The van der Waals surface area contributed by atoms with E-state index in [1.165, 1.54) is 0 Å². The molecule has 0 aromatic heterocycles. The second-order valence-corrected chi connectivity index (χ2v) is 5.01. The van der Waals surface area contributed by atoms with Gasteiger partial charge in [-0.3, -0.25) is 9.59 Å². The summed E-state index contributed by atoms with van der Waals surface area (Å²) in [4.78, 5) is 22.5. The van der Waals surface area contributed by atoms with Crippen LogP contribution < -0.4 is 11.1 Å². The highest BCUT2D eigenvalue weighted by atomic mass is 16.2. The first-order valence-electron chi connectivity index (χ1n) is 6.16. The second-order valence-electron chi connectivity index (χ2n) is 5.01. The highest BCUT2D eigenvalue weighted by Gasteiger charge is 2.35. The van der Waals surface area contributed by atoms with Gasteiger partial charge in [-0.2, -0.15) is 0 Å². The number of hydrogen-bond acceptors (Lipinski definition) is 3. The van der Waals surface area contributed by atoms with Crippen molar-refractivity contribution in [2.24, 2.45) is 17.6 Å². The Hall–Kier alpha value is -0.900. The lowest BCUT2D eigenvalue weighted by Crippen LogP contribution is -2.49. The third kappa shape index (κ3) is 2.61. The van der Waals surface area contributed by atoms with E-state index in [2.05, 4.69) is 5.32 Å². The molecule has 3 N–H and O–H groups in total. The molecular formula is C12H19N2O2. The van der Waals surface area contributed by atoms with Gasteiger partial charge in [-0.15, -0.1) is 0 Å². The second kappa shape index (κ2) is 4.95. The van der Waals surface area contributed by atoms with Crippen LogP contribution in [0.4, 0.5) is 0 Å².